The highest BCUT2D eigenvalue weighted by Crippen LogP contribution is 2.46. The maximum absolute atomic E-state index is 12.8. The molecule has 0 unspecified atom stereocenters. The van der Waals surface area contributed by atoms with Gasteiger partial charge in [-0.1, -0.05) is 12.1 Å². The van der Waals surface area contributed by atoms with Crippen molar-refractivity contribution in [3.05, 3.63) is 48.4 Å². The first-order valence-corrected chi connectivity index (χ1v) is 9.21. The number of hydrogen-bond donors (Lipinski definition) is 0. The first kappa shape index (κ1) is 17.6. The molecule has 3 heterocycles. The van der Waals surface area contributed by atoms with Gasteiger partial charge in [0.05, 0.1) is 13.2 Å². The van der Waals surface area contributed by atoms with Crippen molar-refractivity contribution < 1.29 is 9.53 Å². The third-order valence-corrected chi connectivity index (χ3v) is 5.64. The van der Waals surface area contributed by atoms with Crippen LogP contribution in [0.1, 0.15) is 11.6 Å². The maximum Gasteiger partial charge on any atom is 0.320 e. The van der Waals surface area contributed by atoms with Crippen molar-refractivity contribution in [2.24, 2.45) is 11.8 Å². The molecule has 4 rings (SSSR count). The fraction of sp³-hybridized carbons (Fsp3) is 0.450. The van der Waals surface area contributed by atoms with Crippen LogP contribution in [-0.2, 0) is 0 Å². The highest BCUT2D eigenvalue weighted by Gasteiger charge is 2.49. The Bertz CT molecular complexity index is 796. The molecule has 2 saturated heterocycles. The summed E-state index contributed by atoms with van der Waals surface area (Å²) >= 11 is 0. The van der Waals surface area contributed by atoms with E-state index < -0.39 is 0 Å². The van der Waals surface area contributed by atoms with Gasteiger partial charge in [-0.25, -0.2) is 14.8 Å². The third-order valence-electron chi connectivity index (χ3n) is 5.64. The predicted molar refractivity (Wildman–Crippen MR) is 103 cm³/mol. The number of ether oxygens (including phenoxy) is 1. The average molecular weight is 367 g/mol. The molecule has 0 radical (unpaired) electrons. The van der Waals surface area contributed by atoms with Gasteiger partial charge in [0.1, 0.15) is 17.9 Å². The van der Waals surface area contributed by atoms with E-state index in [1.54, 1.807) is 24.5 Å². The predicted octanol–water partition coefficient (Wildman–Crippen LogP) is 2.28. The van der Waals surface area contributed by atoms with E-state index >= 15 is 0 Å². The molecule has 27 heavy (non-hydrogen) atoms. The molecule has 3 atom stereocenters. The number of benzene rings is 1. The molecule has 2 aromatic rings. The lowest BCUT2D eigenvalue weighted by Crippen LogP contribution is -2.41. The minimum absolute atomic E-state index is 0.0580. The van der Waals surface area contributed by atoms with Crippen LogP contribution in [0.3, 0.4) is 0 Å². The van der Waals surface area contributed by atoms with E-state index in [9.17, 15) is 4.79 Å². The second-order valence-electron chi connectivity index (χ2n) is 7.44. The van der Waals surface area contributed by atoms with Crippen molar-refractivity contribution >= 4 is 11.8 Å². The number of carbonyl (C=O) groups is 1. The van der Waals surface area contributed by atoms with Crippen LogP contribution in [0, 0.1) is 11.8 Å². The molecule has 142 valence electrons. The van der Waals surface area contributed by atoms with E-state index in [0.717, 1.165) is 36.8 Å². The van der Waals surface area contributed by atoms with E-state index in [4.69, 9.17) is 4.74 Å². The molecule has 0 bridgehead atoms. The van der Waals surface area contributed by atoms with E-state index in [0.29, 0.717) is 11.8 Å². The van der Waals surface area contributed by atoms with Crippen molar-refractivity contribution in [2.75, 3.05) is 45.7 Å². The van der Waals surface area contributed by atoms with E-state index in [1.165, 1.54) is 0 Å². The molecule has 2 aliphatic rings. The minimum atomic E-state index is 0.0580. The van der Waals surface area contributed by atoms with Crippen LogP contribution < -0.4 is 9.64 Å². The lowest BCUT2D eigenvalue weighted by atomic mass is 9.89. The van der Waals surface area contributed by atoms with Gasteiger partial charge in [-0.05, 0) is 23.8 Å². The molecule has 2 fully saturated rings. The van der Waals surface area contributed by atoms with Crippen LogP contribution in [0.5, 0.6) is 5.75 Å². The number of urea groups is 1. The Balaban J connectivity index is 1.63. The lowest BCUT2D eigenvalue weighted by Gasteiger charge is -2.32. The minimum Gasteiger partial charge on any atom is -0.497 e. The molecule has 0 N–H and O–H groups in total. The monoisotopic (exact) mass is 367 g/mol. The van der Waals surface area contributed by atoms with Crippen LogP contribution in [0.15, 0.2) is 42.9 Å². The van der Waals surface area contributed by atoms with Gasteiger partial charge >= 0.3 is 6.03 Å². The molecule has 0 spiro atoms. The Labute approximate surface area is 159 Å². The fourth-order valence-corrected chi connectivity index (χ4v) is 4.38. The number of methoxy groups -OCH3 is 1. The van der Waals surface area contributed by atoms with E-state index in [1.807, 2.05) is 37.2 Å². The van der Waals surface area contributed by atoms with Crippen LogP contribution in [-0.4, -0.2) is 66.6 Å². The second-order valence-corrected chi connectivity index (χ2v) is 7.44. The summed E-state index contributed by atoms with van der Waals surface area (Å²) in [6, 6.07) is 10.2. The molecular weight excluding hydrogens is 342 g/mol. The Morgan fingerprint density at radius 3 is 2.56 bits per heavy atom. The highest BCUT2D eigenvalue weighted by atomic mass is 16.5. The van der Waals surface area contributed by atoms with Crippen LogP contribution in [0.2, 0.25) is 0 Å². The fourth-order valence-electron chi connectivity index (χ4n) is 4.38. The van der Waals surface area contributed by atoms with Crippen LogP contribution in [0.4, 0.5) is 10.6 Å². The summed E-state index contributed by atoms with van der Waals surface area (Å²) in [5, 5.41) is 0. The van der Waals surface area contributed by atoms with Crippen molar-refractivity contribution in [3.63, 3.8) is 0 Å². The smallest absolute Gasteiger partial charge is 0.320 e. The molecule has 1 aromatic heterocycles. The Kier molecular flexibility index (Phi) is 4.59. The number of likely N-dealkylation sites (tertiary alicyclic amines) is 1. The number of anilines is 1. The molecule has 2 aliphatic heterocycles. The zero-order valence-corrected chi connectivity index (χ0v) is 15.9. The number of rotatable bonds is 3. The number of nitrogens with zero attached hydrogens (tertiary/aromatic N) is 5. The number of aromatic nitrogens is 2. The number of amides is 2. The largest absolute Gasteiger partial charge is 0.497 e. The summed E-state index contributed by atoms with van der Waals surface area (Å²) in [6.07, 6.45) is 3.37. The van der Waals surface area contributed by atoms with E-state index in [2.05, 4.69) is 27.0 Å². The summed E-state index contributed by atoms with van der Waals surface area (Å²) in [5.41, 5.74) is 1.16. The van der Waals surface area contributed by atoms with Gasteiger partial charge in [-0.2, -0.15) is 0 Å². The zero-order chi connectivity index (χ0) is 19.0. The number of carbonyl (C=O) groups excluding carboxylic acids is 1. The maximum atomic E-state index is 12.8. The number of hydrogen-bond acceptors (Lipinski definition) is 5. The Morgan fingerprint density at radius 1 is 1.15 bits per heavy atom. The lowest BCUT2D eigenvalue weighted by molar-refractivity contribution is 0.159. The normalized spacial score (nSPS) is 24.0. The van der Waals surface area contributed by atoms with Crippen molar-refractivity contribution in [1.29, 1.82) is 0 Å². The second kappa shape index (κ2) is 7.06. The Hall–Kier alpha value is -2.83. The first-order valence-electron chi connectivity index (χ1n) is 9.21. The highest BCUT2D eigenvalue weighted by molar-refractivity contribution is 5.75. The topological polar surface area (TPSA) is 61.8 Å². The van der Waals surface area contributed by atoms with Crippen LogP contribution >= 0.6 is 0 Å². The molecule has 1 aromatic carbocycles. The van der Waals surface area contributed by atoms with Crippen molar-refractivity contribution in [2.45, 2.75) is 6.04 Å². The molecule has 7 heteroatoms. The standard InChI is InChI=1S/C20H25N5O2/c1-23(2)20(26)25-11-15-10-24(18-8-9-21-13-22-18)12-17(15)19(25)14-4-6-16(27-3)7-5-14/h4-9,13,15,17,19H,10-12H2,1-3H3/t15-,17-,19+/m1/s1. The Morgan fingerprint density at radius 2 is 1.93 bits per heavy atom. The summed E-state index contributed by atoms with van der Waals surface area (Å²) < 4.78 is 5.29. The average Bonchev–Trinajstić information content (AvgIpc) is 3.26. The quantitative estimate of drug-likeness (QED) is 0.833. The summed E-state index contributed by atoms with van der Waals surface area (Å²) in [5.74, 6) is 2.58. The SMILES string of the molecule is COc1ccc([C@H]2[C@@H]3CN(c4ccncn4)C[C@@H]3CN2C(=O)N(C)C)cc1. The van der Waals surface area contributed by atoms with E-state index in [-0.39, 0.29) is 12.1 Å². The van der Waals surface area contributed by atoms with Gasteiger partial charge in [-0.3, -0.25) is 0 Å². The van der Waals surface area contributed by atoms with Gasteiger partial charge < -0.3 is 19.4 Å². The molecule has 2 amide bonds. The molecular formula is C20H25N5O2. The third kappa shape index (κ3) is 3.18. The first-order chi connectivity index (χ1) is 13.1. The van der Waals surface area contributed by atoms with Gasteiger partial charge in [0.15, 0.2) is 0 Å². The van der Waals surface area contributed by atoms with Gasteiger partial charge in [0, 0.05) is 51.8 Å². The molecule has 7 nitrogen and oxygen atoms in total. The number of fused-ring (bicyclic) bond motifs is 1. The summed E-state index contributed by atoms with van der Waals surface area (Å²) in [7, 11) is 5.29. The summed E-state index contributed by atoms with van der Waals surface area (Å²) in [4.78, 5) is 27.2. The van der Waals surface area contributed by atoms with Gasteiger partial charge in [-0.15, -0.1) is 0 Å². The molecule has 0 aliphatic carbocycles. The van der Waals surface area contributed by atoms with Crippen molar-refractivity contribution in [1.82, 2.24) is 19.8 Å². The summed E-state index contributed by atoms with van der Waals surface area (Å²) in [6.45, 7) is 2.56. The van der Waals surface area contributed by atoms with Crippen LogP contribution in [0.25, 0.3) is 0 Å². The van der Waals surface area contributed by atoms with Gasteiger partial charge in [0.25, 0.3) is 0 Å². The molecule has 0 saturated carbocycles. The van der Waals surface area contributed by atoms with Crippen molar-refractivity contribution in [3.8, 4) is 5.75 Å². The zero-order valence-electron chi connectivity index (χ0n) is 15.9. The van der Waals surface area contributed by atoms with Gasteiger partial charge in [0.2, 0.25) is 0 Å².